The topological polar surface area (TPSA) is 79.3 Å². The van der Waals surface area contributed by atoms with Crippen molar-refractivity contribution in [1.82, 2.24) is 10.3 Å². The predicted molar refractivity (Wildman–Crippen MR) is 95.8 cm³/mol. The number of hydrogen-bond acceptors (Lipinski definition) is 3. The number of rotatable bonds is 5. The number of hydrogen-bond donors (Lipinski definition) is 2. The third-order valence-electron chi connectivity index (χ3n) is 3.81. The van der Waals surface area contributed by atoms with Crippen LogP contribution in [0.25, 0.3) is 10.9 Å². The lowest BCUT2D eigenvalue weighted by Gasteiger charge is -2.15. The Morgan fingerprint density at radius 2 is 1.84 bits per heavy atom. The Morgan fingerprint density at radius 3 is 2.56 bits per heavy atom. The molecule has 1 atom stereocenters. The SMILES string of the molecule is O=C(N[C@H](Cc1ccc(Cl)cc1)C(=O)O)c1cnc2ccccc2c1. The largest absolute Gasteiger partial charge is 0.480 e. The number of carboxylic acid groups (broad SMARTS) is 1. The molecule has 0 saturated carbocycles. The van der Waals surface area contributed by atoms with Crippen molar-refractivity contribution in [3.05, 3.63) is 76.9 Å². The maximum Gasteiger partial charge on any atom is 0.326 e. The van der Waals surface area contributed by atoms with Gasteiger partial charge < -0.3 is 10.4 Å². The first-order valence-electron chi connectivity index (χ1n) is 7.66. The van der Waals surface area contributed by atoms with Crippen LogP contribution < -0.4 is 5.32 Å². The van der Waals surface area contributed by atoms with E-state index in [0.717, 1.165) is 16.5 Å². The first-order chi connectivity index (χ1) is 12.0. The summed E-state index contributed by atoms with van der Waals surface area (Å²) in [6.45, 7) is 0. The summed E-state index contributed by atoms with van der Waals surface area (Å²) in [5.74, 6) is -1.57. The number of nitrogens with zero attached hydrogens (tertiary/aromatic N) is 1. The number of benzene rings is 2. The Balaban J connectivity index is 1.77. The summed E-state index contributed by atoms with van der Waals surface area (Å²) in [5, 5.41) is 13.3. The first-order valence-corrected chi connectivity index (χ1v) is 8.03. The van der Waals surface area contributed by atoms with E-state index < -0.39 is 17.9 Å². The Bertz CT molecular complexity index is 925. The van der Waals surface area contributed by atoms with Crippen LogP contribution in [0.5, 0.6) is 0 Å². The van der Waals surface area contributed by atoms with Gasteiger partial charge >= 0.3 is 5.97 Å². The molecular weight excluding hydrogens is 340 g/mol. The van der Waals surface area contributed by atoms with Gasteiger partial charge in [0.25, 0.3) is 5.91 Å². The standard InChI is InChI=1S/C19H15ClN2O3/c20-15-7-5-12(6-8-15)9-17(19(24)25)22-18(23)14-10-13-3-1-2-4-16(13)21-11-14/h1-8,10-11,17H,9H2,(H,22,23)(H,24,25)/t17-/m1/s1. The monoisotopic (exact) mass is 354 g/mol. The Kier molecular flexibility index (Phi) is 4.95. The molecule has 0 aliphatic heterocycles. The average molecular weight is 355 g/mol. The van der Waals surface area contributed by atoms with Gasteiger partial charge in [-0.1, -0.05) is 41.9 Å². The van der Waals surface area contributed by atoms with Gasteiger partial charge in [-0.2, -0.15) is 0 Å². The van der Waals surface area contributed by atoms with Gasteiger partial charge in [0, 0.05) is 23.0 Å². The van der Waals surface area contributed by atoms with Gasteiger partial charge in [0.05, 0.1) is 11.1 Å². The average Bonchev–Trinajstić information content (AvgIpc) is 2.62. The number of nitrogens with one attached hydrogen (secondary N) is 1. The summed E-state index contributed by atoms with van der Waals surface area (Å²) in [4.78, 5) is 28.1. The lowest BCUT2D eigenvalue weighted by atomic mass is 10.1. The van der Waals surface area contributed by atoms with E-state index in [9.17, 15) is 14.7 Å². The molecular formula is C19H15ClN2O3. The van der Waals surface area contributed by atoms with Crippen molar-refractivity contribution >= 4 is 34.4 Å². The summed E-state index contributed by atoms with van der Waals surface area (Å²) < 4.78 is 0. The molecule has 5 nitrogen and oxygen atoms in total. The highest BCUT2D eigenvalue weighted by Gasteiger charge is 2.21. The molecule has 25 heavy (non-hydrogen) atoms. The second kappa shape index (κ2) is 7.32. The first kappa shape index (κ1) is 16.9. The number of carbonyl (C=O) groups excluding carboxylic acids is 1. The molecule has 0 radical (unpaired) electrons. The Hall–Kier alpha value is -2.92. The van der Waals surface area contributed by atoms with Gasteiger partial charge in [-0.05, 0) is 29.8 Å². The molecule has 0 spiro atoms. The van der Waals surface area contributed by atoms with E-state index in [4.69, 9.17) is 11.6 Å². The minimum atomic E-state index is -1.10. The molecule has 126 valence electrons. The van der Waals surface area contributed by atoms with Crippen molar-refractivity contribution in [3.8, 4) is 0 Å². The van der Waals surface area contributed by atoms with Crippen molar-refractivity contribution in [1.29, 1.82) is 0 Å². The Labute approximate surface area is 149 Å². The molecule has 1 heterocycles. The molecule has 1 amide bonds. The van der Waals surface area contributed by atoms with Crippen molar-refractivity contribution in [2.45, 2.75) is 12.5 Å². The lowest BCUT2D eigenvalue weighted by molar-refractivity contribution is -0.139. The van der Waals surface area contributed by atoms with Crippen molar-refractivity contribution < 1.29 is 14.7 Å². The van der Waals surface area contributed by atoms with Crippen LogP contribution >= 0.6 is 11.6 Å². The van der Waals surface area contributed by atoms with E-state index in [1.165, 1.54) is 6.20 Å². The van der Waals surface area contributed by atoms with Crippen LogP contribution in [0.2, 0.25) is 5.02 Å². The van der Waals surface area contributed by atoms with Gasteiger partial charge in [0.1, 0.15) is 6.04 Å². The molecule has 0 aliphatic rings. The van der Waals surface area contributed by atoms with E-state index in [1.54, 1.807) is 30.3 Å². The number of aromatic nitrogens is 1. The second-order valence-corrected chi connectivity index (χ2v) is 6.05. The number of carbonyl (C=O) groups is 2. The lowest BCUT2D eigenvalue weighted by Crippen LogP contribution is -2.42. The van der Waals surface area contributed by atoms with Gasteiger partial charge in [0.15, 0.2) is 0 Å². The van der Waals surface area contributed by atoms with E-state index in [-0.39, 0.29) is 6.42 Å². The fourth-order valence-electron chi connectivity index (χ4n) is 2.49. The number of pyridine rings is 1. The Morgan fingerprint density at radius 1 is 1.12 bits per heavy atom. The number of para-hydroxylation sites is 1. The van der Waals surface area contributed by atoms with Crippen LogP contribution in [0.15, 0.2) is 60.8 Å². The zero-order chi connectivity index (χ0) is 17.8. The fourth-order valence-corrected chi connectivity index (χ4v) is 2.62. The number of carboxylic acids is 1. The van der Waals surface area contributed by atoms with E-state index in [2.05, 4.69) is 10.3 Å². The number of fused-ring (bicyclic) bond motifs is 1. The summed E-state index contributed by atoms with van der Waals surface area (Å²) >= 11 is 5.83. The van der Waals surface area contributed by atoms with Crippen LogP contribution in [0.1, 0.15) is 15.9 Å². The molecule has 0 bridgehead atoms. The van der Waals surface area contributed by atoms with Crippen LogP contribution in [0, 0.1) is 0 Å². The zero-order valence-electron chi connectivity index (χ0n) is 13.1. The van der Waals surface area contributed by atoms with Gasteiger partial charge in [0.2, 0.25) is 0 Å². The van der Waals surface area contributed by atoms with Crippen LogP contribution in [0.3, 0.4) is 0 Å². The van der Waals surface area contributed by atoms with Crippen LogP contribution in [-0.2, 0) is 11.2 Å². The number of halogens is 1. The van der Waals surface area contributed by atoms with Crippen LogP contribution in [-0.4, -0.2) is 28.0 Å². The van der Waals surface area contributed by atoms with Gasteiger partial charge in [-0.15, -0.1) is 0 Å². The molecule has 0 saturated heterocycles. The summed E-state index contributed by atoms with van der Waals surface area (Å²) in [7, 11) is 0. The molecule has 2 aromatic carbocycles. The quantitative estimate of drug-likeness (QED) is 0.736. The predicted octanol–water partition coefficient (Wildman–Crippen LogP) is 3.31. The number of amides is 1. The zero-order valence-corrected chi connectivity index (χ0v) is 13.9. The van der Waals surface area contributed by atoms with Crippen molar-refractivity contribution in [2.75, 3.05) is 0 Å². The highest BCUT2D eigenvalue weighted by molar-refractivity contribution is 6.30. The maximum absolute atomic E-state index is 12.4. The minimum Gasteiger partial charge on any atom is -0.480 e. The molecule has 3 rings (SSSR count). The normalized spacial score (nSPS) is 11.9. The van der Waals surface area contributed by atoms with E-state index >= 15 is 0 Å². The third kappa shape index (κ3) is 4.14. The van der Waals surface area contributed by atoms with Crippen LogP contribution in [0.4, 0.5) is 0 Å². The van der Waals surface area contributed by atoms with Crippen molar-refractivity contribution in [3.63, 3.8) is 0 Å². The van der Waals surface area contributed by atoms with E-state index in [0.29, 0.717) is 10.6 Å². The fraction of sp³-hybridized carbons (Fsp3) is 0.105. The third-order valence-corrected chi connectivity index (χ3v) is 4.06. The minimum absolute atomic E-state index is 0.166. The highest BCUT2D eigenvalue weighted by atomic mass is 35.5. The number of aliphatic carboxylic acids is 1. The summed E-state index contributed by atoms with van der Waals surface area (Å²) in [6, 6.07) is 14.9. The highest BCUT2D eigenvalue weighted by Crippen LogP contribution is 2.14. The maximum atomic E-state index is 12.4. The molecule has 0 aliphatic carbocycles. The molecule has 3 aromatic rings. The summed E-state index contributed by atoms with van der Waals surface area (Å²) in [6.07, 6.45) is 1.61. The molecule has 6 heteroatoms. The smallest absolute Gasteiger partial charge is 0.326 e. The molecule has 1 aromatic heterocycles. The molecule has 0 unspecified atom stereocenters. The van der Waals surface area contributed by atoms with Crippen molar-refractivity contribution in [2.24, 2.45) is 0 Å². The van der Waals surface area contributed by atoms with Gasteiger partial charge in [-0.25, -0.2) is 4.79 Å². The second-order valence-electron chi connectivity index (χ2n) is 5.61. The summed E-state index contributed by atoms with van der Waals surface area (Å²) in [5.41, 5.74) is 1.87. The molecule has 2 N–H and O–H groups in total. The van der Waals surface area contributed by atoms with E-state index in [1.807, 2.05) is 24.3 Å². The van der Waals surface area contributed by atoms with Gasteiger partial charge in [-0.3, -0.25) is 9.78 Å². The molecule has 0 fully saturated rings.